The third-order valence-corrected chi connectivity index (χ3v) is 2.67. The van der Waals surface area contributed by atoms with Gasteiger partial charge >= 0.3 is 12.1 Å². The van der Waals surface area contributed by atoms with Crippen LogP contribution >= 0.6 is 0 Å². The Bertz CT molecular complexity index is 632. The summed E-state index contributed by atoms with van der Waals surface area (Å²) in [5.74, 6) is -1.65. The van der Waals surface area contributed by atoms with Gasteiger partial charge in [-0.1, -0.05) is 0 Å². The molecule has 0 saturated carbocycles. The molecule has 0 fully saturated rings. The number of imidazole rings is 1. The Morgan fingerprint density at radius 3 is 2.68 bits per heavy atom. The summed E-state index contributed by atoms with van der Waals surface area (Å²) in [5, 5.41) is 0. The monoisotopic (exact) mass is 272 g/mol. The van der Waals surface area contributed by atoms with Crippen LogP contribution in [0.2, 0.25) is 0 Å². The molecule has 7 heteroatoms. The summed E-state index contributed by atoms with van der Waals surface area (Å²) >= 11 is 0. The molecule has 4 nitrogen and oxygen atoms in total. The summed E-state index contributed by atoms with van der Waals surface area (Å²) in [6.45, 7) is 3.39. The van der Waals surface area contributed by atoms with Gasteiger partial charge in [-0.2, -0.15) is 13.2 Å². The topological polar surface area (TPSA) is 55.0 Å². The average molecular weight is 272 g/mol. The van der Waals surface area contributed by atoms with Crippen molar-refractivity contribution >= 4 is 17.0 Å². The molecule has 2 aromatic rings. The van der Waals surface area contributed by atoms with Gasteiger partial charge in [0.25, 0.3) is 0 Å². The van der Waals surface area contributed by atoms with Gasteiger partial charge in [-0.3, -0.25) is 0 Å². The SMILES string of the molecule is CCOC(=O)c1ccc2[nH]c(C(F)(F)F)nc2c1C. The highest BCUT2D eigenvalue weighted by atomic mass is 19.4. The minimum Gasteiger partial charge on any atom is -0.462 e. The van der Waals surface area contributed by atoms with Gasteiger partial charge in [0.1, 0.15) is 0 Å². The van der Waals surface area contributed by atoms with Crippen LogP contribution in [-0.4, -0.2) is 22.5 Å². The highest BCUT2D eigenvalue weighted by Gasteiger charge is 2.35. The molecule has 1 N–H and O–H groups in total. The van der Waals surface area contributed by atoms with E-state index in [1.807, 2.05) is 0 Å². The molecule has 0 unspecified atom stereocenters. The largest absolute Gasteiger partial charge is 0.462 e. The van der Waals surface area contributed by atoms with Gasteiger partial charge in [0, 0.05) is 0 Å². The summed E-state index contributed by atoms with van der Waals surface area (Å²) in [6, 6.07) is 2.81. The minimum atomic E-state index is -4.55. The lowest BCUT2D eigenvalue weighted by atomic mass is 10.1. The van der Waals surface area contributed by atoms with Gasteiger partial charge in [0.15, 0.2) is 0 Å². The lowest BCUT2D eigenvalue weighted by molar-refractivity contribution is -0.144. The molecule has 0 atom stereocenters. The predicted molar refractivity (Wildman–Crippen MR) is 61.8 cm³/mol. The van der Waals surface area contributed by atoms with Crippen molar-refractivity contribution in [2.75, 3.05) is 6.61 Å². The molecular weight excluding hydrogens is 261 g/mol. The Morgan fingerprint density at radius 2 is 2.11 bits per heavy atom. The number of hydrogen-bond acceptors (Lipinski definition) is 3. The molecule has 1 heterocycles. The summed E-state index contributed by atoms with van der Waals surface area (Å²) < 4.78 is 42.5. The molecule has 0 aliphatic heterocycles. The first-order valence-electron chi connectivity index (χ1n) is 5.58. The zero-order chi connectivity index (χ0) is 14.2. The summed E-state index contributed by atoms with van der Waals surface area (Å²) in [4.78, 5) is 17.3. The number of nitrogens with one attached hydrogen (secondary N) is 1. The van der Waals surface area contributed by atoms with E-state index in [-0.39, 0.29) is 23.2 Å². The molecule has 0 aliphatic rings. The number of ether oxygens (including phenoxy) is 1. The molecule has 2 rings (SSSR count). The lowest BCUT2D eigenvalue weighted by Crippen LogP contribution is -2.07. The highest BCUT2D eigenvalue weighted by molar-refractivity contribution is 5.96. The number of H-pyrrole nitrogens is 1. The van der Waals surface area contributed by atoms with Gasteiger partial charge in [-0.05, 0) is 31.5 Å². The van der Waals surface area contributed by atoms with Crippen molar-refractivity contribution in [1.82, 2.24) is 9.97 Å². The number of rotatable bonds is 2. The Balaban J connectivity index is 2.56. The normalized spacial score (nSPS) is 11.8. The number of carbonyl (C=O) groups is 1. The maximum Gasteiger partial charge on any atom is 0.449 e. The Morgan fingerprint density at radius 1 is 1.42 bits per heavy atom. The van der Waals surface area contributed by atoms with Crippen LogP contribution in [0.3, 0.4) is 0 Å². The second-order valence-corrected chi connectivity index (χ2v) is 3.94. The molecule has 19 heavy (non-hydrogen) atoms. The van der Waals surface area contributed by atoms with E-state index >= 15 is 0 Å². The molecule has 1 aromatic carbocycles. The number of fused-ring (bicyclic) bond motifs is 1. The van der Waals surface area contributed by atoms with Gasteiger partial charge in [0.2, 0.25) is 5.82 Å². The number of halogens is 3. The predicted octanol–water partition coefficient (Wildman–Crippen LogP) is 3.07. The van der Waals surface area contributed by atoms with Crippen molar-refractivity contribution in [2.45, 2.75) is 20.0 Å². The van der Waals surface area contributed by atoms with E-state index in [0.717, 1.165) is 0 Å². The fraction of sp³-hybridized carbons (Fsp3) is 0.333. The van der Waals surface area contributed by atoms with E-state index in [4.69, 9.17) is 4.74 Å². The van der Waals surface area contributed by atoms with Crippen molar-refractivity contribution in [3.8, 4) is 0 Å². The zero-order valence-electron chi connectivity index (χ0n) is 10.3. The smallest absolute Gasteiger partial charge is 0.449 e. The molecule has 0 saturated heterocycles. The number of nitrogens with zero attached hydrogens (tertiary/aromatic N) is 1. The number of aryl methyl sites for hydroxylation is 1. The summed E-state index contributed by atoms with van der Waals surface area (Å²) in [7, 11) is 0. The Labute approximate surface area is 106 Å². The molecule has 1 aromatic heterocycles. The maximum atomic E-state index is 12.6. The van der Waals surface area contributed by atoms with Crippen molar-refractivity contribution in [1.29, 1.82) is 0 Å². The second kappa shape index (κ2) is 4.56. The number of hydrogen-bond donors (Lipinski definition) is 1. The molecule has 0 spiro atoms. The number of carbonyl (C=O) groups excluding carboxylic acids is 1. The van der Waals surface area contributed by atoms with E-state index in [1.54, 1.807) is 6.92 Å². The van der Waals surface area contributed by atoms with Crippen LogP contribution in [0.5, 0.6) is 0 Å². The summed E-state index contributed by atoms with van der Waals surface area (Å²) in [5.41, 5.74) is 0.938. The number of alkyl halides is 3. The molecule has 102 valence electrons. The molecular formula is C12H11F3N2O2. The number of aromatic amines is 1. The van der Waals surface area contributed by atoms with Crippen LogP contribution in [0.15, 0.2) is 12.1 Å². The van der Waals surface area contributed by atoms with Crippen molar-refractivity contribution in [3.05, 3.63) is 29.1 Å². The van der Waals surface area contributed by atoms with Crippen LogP contribution in [0.4, 0.5) is 13.2 Å². The fourth-order valence-corrected chi connectivity index (χ4v) is 1.78. The minimum absolute atomic E-state index is 0.123. The number of esters is 1. The van der Waals surface area contributed by atoms with Crippen LogP contribution in [0, 0.1) is 6.92 Å². The Hall–Kier alpha value is -2.05. The molecule has 0 bridgehead atoms. The third kappa shape index (κ3) is 2.40. The average Bonchev–Trinajstić information content (AvgIpc) is 2.74. The van der Waals surface area contributed by atoms with E-state index in [9.17, 15) is 18.0 Å². The summed E-state index contributed by atoms with van der Waals surface area (Å²) in [6.07, 6.45) is -4.55. The van der Waals surface area contributed by atoms with E-state index in [0.29, 0.717) is 5.56 Å². The van der Waals surface area contributed by atoms with Crippen molar-refractivity contribution in [2.24, 2.45) is 0 Å². The highest BCUT2D eigenvalue weighted by Crippen LogP contribution is 2.30. The zero-order valence-corrected chi connectivity index (χ0v) is 10.3. The first kappa shape index (κ1) is 13.4. The van der Waals surface area contributed by atoms with Gasteiger partial charge < -0.3 is 9.72 Å². The third-order valence-electron chi connectivity index (χ3n) is 2.67. The van der Waals surface area contributed by atoms with Crippen LogP contribution in [0.25, 0.3) is 11.0 Å². The van der Waals surface area contributed by atoms with Crippen LogP contribution in [0.1, 0.15) is 28.7 Å². The van der Waals surface area contributed by atoms with Gasteiger partial charge in [-0.15, -0.1) is 0 Å². The van der Waals surface area contributed by atoms with E-state index < -0.39 is 18.0 Å². The van der Waals surface area contributed by atoms with Crippen LogP contribution in [-0.2, 0) is 10.9 Å². The first-order valence-corrected chi connectivity index (χ1v) is 5.58. The number of aromatic nitrogens is 2. The van der Waals surface area contributed by atoms with E-state index in [1.165, 1.54) is 19.1 Å². The molecule has 0 amide bonds. The van der Waals surface area contributed by atoms with Crippen molar-refractivity contribution in [3.63, 3.8) is 0 Å². The van der Waals surface area contributed by atoms with Gasteiger partial charge in [0.05, 0.1) is 23.2 Å². The fourth-order valence-electron chi connectivity index (χ4n) is 1.78. The van der Waals surface area contributed by atoms with Crippen molar-refractivity contribution < 1.29 is 22.7 Å². The lowest BCUT2D eigenvalue weighted by Gasteiger charge is -2.05. The number of benzene rings is 1. The second-order valence-electron chi connectivity index (χ2n) is 3.94. The Kier molecular flexibility index (Phi) is 3.21. The van der Waals surface area contributed by atoms with E-state index in [2.05, 4.69) is 9.97 Å². The molecule has 0 radical (unpaired) electrons. The van der Waals surface area contributed by atoms with Crippen LogP contribution < -0.4 is 0 Å². The quantitative estimate of drug-likeness (QED) is 0.855. The molecule has 0 aliphatic carbocycles. The first-order chi connectivity index (χ1) is 8.84. The standard InChI is InChI=1S/C12H11F3N2O2/c1-3-19-10(18)7-4-5-8-9(6(7)2)17-11(16-8)12(13,14)15/h4-5H,3H2,1-2H3,(H,16,17). The maximum absolute atomic E-state index is 12.6. The van der Waals surface area contributed by atoms with Gasteiger partial charge in [-0.25, -0.2) is 9.78 Å².